The maximum absolute atomic E-state index is 13.2. The lowest BCUT2D eigenvalue weighted by molar-refractivity contribution is -0.137. The van der Waals surface area contributed by atoms with Crippen LogP contribution in [-0.4, -0.2) is 66.7 Å². The average Bonchev–Trinajstić information content (AvgIpc) is 2.78. The lowest BCUT2D eigenvalue weighted by atomic mass is 10.0. The number of hydrogen-bond acceptors (Lipinski definition) is 9. The van der Waals surface area contributed by atoms with Gasteiger partial charge in [0, 0.05) is 26.1 Å². The predicted molar refractivity (Wildman–Crippen MR) is 119 cm³/mol. The molecule has 2 aromatic rings. The molecular formula is C22H27F3N6O3. The van der Waals surface area contributed by atoms with Crippen molar-refractivity contribution in [3.8, 4) is 11.9 Å². The zero-order valence-corrected chi connectivity index (χ0v) is 17.9. The molecule has 0 unspecified atom stereocenters. The van der Waals surface area contributed by atoms with Crippen LogP contribution in [-0.2, 0) is 22.1 Å². The molecule has 0 amide bonds. The molecule has 1 fully saturated rings. The molecule has 0 saturated carbocycles. The number of benzene rings is 1. The standard InChI is InChI=1S/C21H23F3N6O3.CH4/c1-32-19-15(11-25)18(28-20(26)29-19)27-16(12-30-5-7-33-8-6-30)17(31)10-13-3-2-4-14(9-13)21(22,23)24;/h2-4,9,16H,5-8,10,12H2,1H3,(H3,26,27,28,29);1H4/t16-;/m0./s1. The molecule has 12 heteroatoms. The monoisotopic (exact) mass is 480 g/mol. The Kier molecular flexibility index (Phi) is 9.17. The number of Topliss-reactive ketones (excluding diaryl/α,β-unsaturated/α-hetero) is 1. The van der Waals surface area contributed by atoms with Gasteiger partial charge >= 0.3 is 6.18 Å². The number of nitrogen functional groups attached to an aromatic ring is 1. The highest BCUT2D eigenvalue weighted by atomic mass is 19.4. The Morgan fingerprint density at radius 1 is 1.35 bits per heavy atom. The second kappa shape index (κ2) is 11.6. The molecule has 1 saturated heterocycles. The van der Waals surface area contributed by atoms with Gasteiger partial charge < -0.3 is 20.5 Å². The van der Waals surface area contributed by atoms with Crippen LogP contribution >= 0.6 is 0 Å². The number of nitrogens with two attached hydrogens (primary N) is 1. The molecule has 1 atom stereocenters. The summed E-state index contributed by atoms with van der Waals surface area (Å²) in [4.78, 5) is 23.1. The Morgan fingerprint density at radius 3 is 2.68 bits per heavy atom. The van der Waals surface area contributed by atoms with E-state index in [0.29, 0.717) is 26.3 Å². The highest BCUT2D eigenvalue weighted by Gasteiger charge is 2.31. The lowest BCUT2D eigenvalue weighted by Gasteiger charge is -2.30. The van der Waals surface area contributed by atoms with Gasteiger partial charge in [-0.3, -0.25) is 9.69 Å². The van der Waals surface area contributed by atoms with Crippen molar-refractivity contribution in [2.75, 3.05) is 51.0 Å². The van der Waals surface area contributed by atoms with E-state index in [0.717, 1.165) is 12.1 Å². The number of morpholine rings is 1. The van der Waals surface area contributed by atoms with Crippen molar-refractivity contribution >= 4 is 17.5 Å². The molecule has 3 rings (SSSR count). The summed E-state index contributed by atoms with van der Waals surface area (Å²) in [7, 11) is 1.32. The number of carbonyl (C=O) groups is 1. The number of rotatable bonds is 8. The number of alkyl halides is 3. The molecular weight excluding hydrogens is 453 g/mol. The summed E-state index contributed by atoms with van der Waals surface area (Å²) in [5.41, 5.74) is 5.07. The molecule has 1 aliphatic heterocycles. The Morgan fingerprint density at radius 2 is 2.06 bits per heavy atom. The number of anilines is 2. The van der Waals surface area contributed by atoms with Crippen LogP contribution in [0.4, 0.5) is 24.9 Å². The summed E-state index contributed by atoms with van der Waals surface area (Å²) in [5.74, 6) is -0.579. The molecule has 0 spiro atoms. The fraction of sp³-hybridized carbons (Fsp3) is 0.455. The maximum Gasteiger partial charge on any atom is 0.416 e. The van der Waals surface area contributed by atoms with Gasteiger partial charge in [-0.1, -0.05) is 25.6 Å². The first-order valence-corrected chi connectivity index (χ1v) is 10.1. The van der Waals surface area contributed by atoms with E-state index < -0.39 is 17.8 Å². The number of nitrogens with one attached hydrogen (secondary N) is 1. The molecule has 34 heavy (non-hydrogen) atoms. The van der Waals surface area contributed by atoms with Gasteiger partial charge in [0.2, 0.25) is 11.8 Å². The molecule has 184 valence electrons. The number of halogens is 3. The second-order valence-corrected chi connectivity index (χ2v) is 7.38. The van der Waals surface area contributed by atoms with Gasteiger partial charge in [0.1, 0.15) is 6.07 Å². The minimum Gasteiger partial charge on any atom is -0.480 e. The number of nitrogens with zero attached hydrogens (tertiary/aromatic N) is 4. The molecule has 3 N–H and O–H groups in total. The molecule has 0 radical (unpaired) electrons. The molecule has 1 aromatic carbocycles. The third-order valence-electron chi connectivity index (χ3n) is 5.08. The fourth-order valence-electron chi connectivity index (χ4n) is 3.43. The van der Waals surface area contributed by atoms with Crippen LogP contribution in [0.5, 0.6) is 5.88 Å². The molecule has 1 aliphatic rings. The summed E-state index contributed by atoms with van der Waals surface area (Å²) in [6, 6.07) is 5.67. The van der Waals surface area contributed by atoms with Crippen LogP contribution in [0.25, 0.3) is 0 Å². The summed E-state index contributed by atoms with van der Waals surface area (Å²) >= 11 is 0. The van der Waals surface area contributed by atoms with Crippen molar-refractivity contribution in [3.63, 3.8) is 0 Å². The van der Waals surface area contributed by atoms with Crippen molar-refractivity contribution in [2.45, 2.75) is 26.1 Å². The number of nitriles is 1. The highest BCUT2D eigenvalue weighted by Crippen LogP contribution is 2.30. The SMILES string of the molecule is C.COc1nc(N)nc(N[C@@H](CN2CCOCC2)C(=O)Cc2cccc(C(F)(F)F)c2)c1C#N. The number of carbonyl (C=O) groups excluding carboxylic acids is 1. The molecule has 2 heterocycles. The van der Waals surface area contributed by atoms with Crippen molar-refractivity contribution in [3.05, 3.63) is 41.0 Å². The second-order valence-electron chi connectivity index (χ2n) is 7.38. The van der Waals surface area contributed by atoms with Crippen molar-refractivity contribution in [2.24, 2.45) is 0 Å². The van der Waals surface area contributed by atoms with Crippen LogP contribution in [0.1, 0.15) is 24.1 Å². The van der Waals surface area contributed by atoms with Crippen LogP contribution in [0, 0.1) is 11.3 Å². The van der Waals surface area contributed by atoms with Gasteiger partial charge in [-0.2, -0.15) is 28.4 Å². The number of ketones is 1. The average molecular weight is 480 g/mol. The molecule has 0 aliphatic carbocycles. The van der Waals surface area contributed by atoms with Gasteiger partial charge in [-0.25, -0.2) is 0 Å². The van der Waals surface area contributed by atoms with Crippen molar-refractivity contribution in [1.29, 1.82) is 5.26 Å². The van der Waals surface area contributed by atoms with E-state index in [2.05, 4.69) is 15.3 Å². The fourth-order valence-corrected chi connectivity index (χ4v) is 3.43. The summed E-state index contributed by atoms with van der Waals surface area (Å²) in [5, 5.41) is 12.5. The van der Waals surface area contributed by atoms with Crippen molar-refractivity contribution < 1.29 is 27.4 Å². The Bertz CT molecular complexity index is 1040. The van der Waals surface area contributed by atoms with Gasteiger partial charge in [-0.05, 0) is 11.6 Å². The van der Waals surface area contributed by atoms with Gasteiger partial charge in [0.15, 0.2) is 17.2 Å². The Labute approximate surface area is 195 Å². The van der Waals surface area contributed by atoms with Gasteiger partial charge in [0.05, 0.1) is 31.9 Å². The minimum absolute atomic E-state index is 0. The zero-order chi connectivity index (χ0) is 24.0. The van der Waals surface area contributed by atoms with Crippen molar-refractivity contribution in [1.82, 2.24) is 14.9 Å². The quantitative estimate of drug-likeness (QED) is 0.586. The highest BCUT2D eigenvalue weighted by molar-refractivity contribution is 5.89. The normalized spacial score (nSPS) is 15.0. The van der Waals surface area contributed by atoms with Crippen LogP contribution < -0.4 is 15.8 Å². The van der Waals surface area contributed by atoms with Crippen LogP contribution in [0.2, 0.25) is 0 Å². The van der Waals surface area contributed by atoms with Gasteiger partial charge in [-0.15, -0.1) is 0 Å². The van der Waals surface area contributed by atoms with E-state index in [1.165, 1.54) is 19.2 Å². The van der Waals surface area contributed by atoms with Gasteiger partial charge in [0.25, 0.3) is 0 Å². The third-order valence-corrected chi connectivity index (χ3v) is 5.08. The maximum atomic E-state index is 13.2. The van der Waals surface area contributed by atoms with E-state index in [1.807, 2.05) is 11.0 Å². The molecule has 0 bridgehead atoms. The smallest absolute Gasteiger partial charge is 0.416 e. The van der Waals surface area contributed by atoms with Crippen LogP contribution in [0.3, 0.4) is 0 Å². The summed E-state index contributed by atoms with van der Waals surface area (Å²) in [6.07, 6.45) is -4.76. The first-order chi connectivity index (χ1) is 15.7. The summed E-state index contributed by atoms with van der Waals surface area (Å²) < 4.78 is 49.6. The molecule has 9 nitrogen and oxygen atoms in total. The first-order valence-electron chi connectivity index (χ1n) is 10.1. The first kappa shape index (κ1) is 26.8. The number of methoxy groups -OCH3 is 1. The molecule has 1 aromatic heterocycles. The van der Waals surface area contributed by atoms with E-state index in [1.54, 1.807) is 0 Å². The third kappa shape index (κ3) is 6.79. The predicted octanol–water partition coefficient (Wildman–Crippen LogP) is 2.52. The van der Waals surface area contributed by atoms with E-state index in [-0.39, 0.29) is 54.9 Å². The topological polar surface area (TPSA) is 126 Å². The van der Waals surface area contributed by atoms with E-state index in [9.17, 15) is 23.2 Å². The van der Waals surface area contributed by atoms with Crippen LogP contribution in [0.15, 0.2) is 24.3 Å². The van der Waals surface area contributed by atoms with E-state index >= 15 is 0 Å². The number of hydrogen-bond donors (Lipinski definition) is 2. The number of ether oxygens (including phenoxy) is 2. The lowest BCUT2D eigenvalue weighted by Crippen LogP contribution is -2.47. The minimum atomic E-state index is -4.51. The Balaban J connectivity index is 0.00000408. The zero-order valence-electron chi connectivity index (χ0n) is 17.9. The Hall–Kier alpha value is -3.43. The van der Waals surface area contributed by atoms with E-state index in [4.69, 9.17) is 15.2 Å². The number of aromatic nitrogens is 2. The summed E-state index contributed by atoms with van der Waals surface area (Å²) in [6.45, 7) is 2.38. The largest absolute Gasteiger partial charge is 0.480 e.